The van der Waals surface area contributed by atoms with Gasteiger partial charge in [-0.1, -0.05) is 18.2 Å². The first kappa shape index (κ1) is 21.8. The number of para-hydroxylation sites is 1. The van der Waals surface area contributed by atoms with Gasteiger partial charge in [-0.25, -0.2) is 13.9 Å². The van der Waals surface area contributed by atoms with E-state index >= 15 is 0 Å². The molecule has 0 amide bonds. The highest BCUT2D eigenvalue weighted by molar-refractivity contribution is 6.02. The van der Waals surface area contributed by atoms with Gasteiger partial charge in [0, 0.05) is 30.9 Å². The summed E-state index contributed by atoms with van der Waals surface area (Å²) in [6.45, 7) is 4.40. The molecule has 0 saturated carbocycles. The maximum absolute atomic E-state index is 14.0. The summed E-state index contributed by atoms with van der Waals surface area (Å²) < 4.78 is 40.9. The van der Waals surface area contributed by atoms with Gasteiger partial charge in [-0.2, -0.15) is 5.10 Å². The number of nitrogens with one attached hydrogen (secondary N) is 1. The second kappa shape index (κ2) is 7.89. The van der Waals surface area contributed by atoms with Crippen LogP contribution in [0.25, 0.3) is 22.0 Å². The second-order valence-corrected chi connectivity index (χ2v) is 9.14. The number of halogens is 2. The van der Waals surface area contributed by atoms with E-state index in [0.29, 0.717) is 17.5 Å². The van der Waals surface area contributed by atoms with Gasteiger partial charge in [0.15, 0.2) is 23.2 Å². The van der Waals surface area contributed by atoms with Gasteiger partial charge in [-0.15, -0.1) is 0 Å². The SMILES string of the molecule is CC1(N2CC[C@@H](n3cc(-c4ccc(Oc5c(F)cccc5F)cc4)c4c(N)n[nH]c(=O)c43)C2)CO1. The number of benzene rings is 2. The number of aromatic nitrogens is 3. The molecule has 0 spiro atoms. The molecule has 2 aromatic carbocycles. The number of fused-ring (bicyclic) bond motifs is 1. The van der Waals surface area contributed by atoms with E-state index in [0.717, 1.165) is 42.8 Å². The van der Waals surface area contributed by atoms with E-state index in [4.69, 9.17) is 15.2 Å². The van der Waals surface area contributed by atoms with Crippen molar-refractivity contribution in [3.05, 3.63) is 70.6 Å². The zero-order valence-corrected chi connectivity index (χ0v) is 18.9. The molecule has 10 heteroatoms. The van der Waals surface area contributed by atoms with Crippen molar-refractivity contribution >= 4 is 16.7 Å². The molecule has 4 heterocycles. The molecule has 1 unspecified atom stereocenters. The van der Waals surface area contributed by atoms with E-state index in [-0.39, 0.29) is 28.9 Å². The smallest absolute Gasteiger partial charge is 0.288 e. The third-order valence-electron chi connectivity index (χ3n) is 6.87. The molecule has 2 saturated heterocycles. The maximum atomic E-state index is 14.0. The number of aromatic amines is 1. The standard InChI is InChI=1S/C25H23F2N5O3/c1-25(13-34-25)31-10-9-15(11-31)32-12-17(20-21(32)24(33)30-29-23(20)28)14-5-7-16(8-6-14)35-22-18(26)3-2-4-19(22)27/h2-8,12,15H,9-11,13H2,1H3,(H2,28,29)(H,30,33)/t15-,25?/m1/s1. The van der Waals surface area contributed by atoms with Gasteiger partial charge in [-0.3, -0.25) is 9.69 Å². The molecule has 180 valence electrons. The Morgan fingerprint density at radius 3 is 2.60 bits per heavy atom. The van der Waals surface area contributed by atoms with Gasteiger partial charge in [0.2, 0.25) is 0 Å². The van der Waals surface area contributed by atoms with Crippen LogP contribution in [-0.2, 0) is 4.74 Å². The van der Waals surface area contributed by atoms with Crippen LogP contribution in [0.4, 0.5) is 14.6 Å². The molecule has 2 aliphatic rings. The summed E-state index contributed by atoms with van der Waals surface area (Å²) in [5.74, 6) is -1.54. The van der Waals surface area contributed by atoms with Crippen molar-refractivity contribution in [1.29, 1.82) is 0 Å². The summed E-state index contributed by atoms with van der Waals surface area (Å²) in [4.78, 5) is 15.1. The van der Waals surface area contributed by atoms with Gasteiger partial charge in [0.1, 0.15) is 17.0 Å². The zero-order valence-electron chi connectivity index (χ0n) is 18.9. The lowest BCUT2D eigenvalue weighted by Crippen LogP contribution is -2.34. The Morgan fingerprint density at radius 2 is 1.91 bits per heavy atom. The van der Waals surface area contributed by atoms with Gasteiger partial charge in [0.05, 0.1) is 12.0 Å². The molecule has 2 atom stereocenters. The predicted octanol–water partition coefficient (Wildman–Crippen LogP) is 4.04. The van der Waals surface area contributed by atoms with Crippen LogP contribution in [0.2, 0.25) is 0 Å². The van der Waals surface area contributed by atoms with Crippen LogP contribution >= 0.6 is 0 Å². The van der Waals surface area contributed by atoms with Crippen molar-refractivity contribution in [3.63, 3.8) is 0 Å². The summed E-state index contributed by atoms with van der Waals surface area (Å²) in [6, 6.07) is 10.4. The number of epoxide rings is 1. The Kier molecular flexibility index (Phi) is 4.90. The average molecular weight is 479 g/mol. The van der Waals surface area contributed by atoms with Crippen molar-refractivity contribution < 1.29 is 18.3 Å². The fourth-order valence-electron chi connectivity index (χ4n) is 4.83. The van der Waals surface area contributed by atoms with Crippen LogP contribution in [0.3, 0.4) is 0 Å². The number of hydrogen-bond acceptors (Lipinski definition) is 6. The first-order valence-corrected chi connectivity index (χ1v) is 11.3. The number of anilines is 1. The molecule has 35 heavy (non-hydrogen) atoms. The number of H-pyrrole nitrogens is 1. The number of ether oxygens (including phenoxy) is 2. The van der Waals surface area contributed by atoms with E-state index in [1.165, 1.54) is 6.07 Å². The summed E-state index contributed by atoms with van der Waals surface area (Å²) in [7, 11) is 0. The van der Waals surface area contributed by atoms with Crippen molar-refractivity contribution in [2.75, 3.05) is 25.4 Å². The van der Waals surface area contributed by atoms with Gasteiger partial charge < -0.3 is 19.8 Å². The molecule has 8 nitrogen and oxygen atoms in total. The predicted molar refractivity (Wildman–Crippen MR) is 126 cm³/mol. The number of nitrogens with two attached hydrogens (primary N) is 1. The quantitative estimate of drug-likeness (QED) is 0.419. The van der Waals surface area contributed by atoms with Crippen molar-refractivity contribution in [1.82, 2.24) is 19.7 Å². The van der Waals surface area contributed by atoms with Crippen molar-refractivity contribution in [2.45, 2.75) is 25.1 Å². The monoisotopic (exact) mass is 479 g/mol. The first-order valence-electron chi connectivity index (χ1n) is 11.3. The summed E-state index contributed by atoms with van der Waals surface area (Å²) in [5.41, 5.74) is 7.65. The number of nitrogen functional groups attached to an aromatic ring is 1. The second-order valence-electron chi connectivity index (χ2n) is 9.14. The molecular formula is C25H23F2N5O3. The minimum Gasteiger partial charge on any atom is -0.451 e. The zero-order chi connectivity index (χ0) is 24.3. The van der Waals surface area contributed by atoms with Crippen LogP contribution in [0.1, 0.15) is 19.4 Å². The number of likely N-dealkylation sites (tertiary alicyclic amines) is 1. The molecule has 3 N–H and O–H groups in total. The van der Waals surface area contributed by atoms with Gasteiger partial charge in [0.25, 0.3) is 5.56 Å². The Bertz CT molecular complexity index is 1470. The van der Waals surface area contributed by atoms with Crippen LogP contribution in [0.5, 0.6) is 11.5 Å². The molecule has 2 aliphatic heterocycles. The summed E-state index contributed by atoms with van der Waals surface area (Å²) in [5, 5.41) is 7.03. The number of nitrogens with zero attached hydrogens (tertiary/aromatic N) is 3. The van der Waals surface area contributed by atoms with E-state index in [1.807, 2.05) is 10.8 Å². The normalized spacial score (nSPS) is 22.1. The topological polar surface area (TPSA) is 102 Å². The minimum atomic E-state index is -0.786. The Balaban J connectivity index is 1.37. The fourth-order valence-corrected chi connectivity index (χ4v) is 4.83. The highest BCUT2D eigenvalue weighted by Crippen LogP contribution is 2.40. The minimum absolute atomic E-state index is 0.0711. The fraction of sp³-hybridized carbons (Fsp3) is 0.280. The van der Waals surface area contributed by atoms with Crippen molar-refractivity contribution in [2.24, 2.45) is 0 Å². The summed E-state index contributed by atoms with van der Waals surface area (Å²) in [6.07, 6.45) is 2.79. The maximum Gasteiger partial charge on any atom is 0.288 e. The third-order valence-corrected chi connectivity index (χ3v) is 6.87. The van der Waals surface area contributed by atoms with E-state index < -0.39 is 17.4 Å². The highest BCUT2D eigenvalue weighted by atomic mass is 19.1. The first-order chi connectivity index (χ1) is 16.8. The van der Waals surface area contributed by atoms with Crippen LogP contribution in [0.15, 0.2) is 53.5 Å². The largest absolute Gasteiger partial charge is 0.451 e. The van der Waals surface area contributed by atoms with E-state index in [2.05, 4.69) is 22.0 Å². The van der Waals surface area contributed by atoms with Gasteiger partial charge >= 0.3 is 0 Å². The lowest BCUT2D eigenvalue weighted by Gasteiger charge is -2.21. The molecule has 0 bridgehead atoms. The number of rotatable bonds is 5. The molecule has 2 aromatic heterocycles. The van der Waals surface area contributed by atoms with Crippen LogP contribution in [-0.4, -0.2) is 45.1 Å². The molecule has 0 radical (unpaired) electrons. The highest BCUT2D eigenvalue weighted by Gasteiger charge is 2.48. The summed E-state index contributed by atoms with van der Waals surface area (Å²) >= 11 is 0. The van der Waals surface area contributed by atoms with E-state index in [1.54, 1.807) is 24.3 Å². The van der Waals surface area contributed by atoms with Crippen LogP contribution in [0, 0.1) is 11.6 Å². The Labute approximate surface area is 198 Å². The number of hydrogen-bond donors (Lipinski definition) is 2. The lowest BCUT2D eigenvalue weighted by molar-refractivity contribution is 0.116. The lowest BCUT2D eigenvalue weighted by atomic mass is 10.1. The van der Waals surface area contributed by atoms with Gasteiger partial charge in [-0.05, 0) is 43.2 Å². The van der Waals surface area contributed by atoms with Crippen molar-refractivity contribution in [3.8, 4) is 22.6 Å². The molecular weight excluding hydrogens is 456 g/mol. The van der Waals surface area contributed by atoms with Crippen LogP contribution < -0.4 is 16.0 Å². The third kappa shape index (κ3) is 3.65. The molecule has 2 fully saturated rings. The van der Waals surface area contributed by atoms with E-state index in [9.17, 15) is 13.6 Å². The average Bonchev–Trinajstić information content (AvgIpc) is 3.24. The molecule has 4 aromatic rings. The molecule has 6 rings (SSSR count). The Hall–Kier alpha value is -3.76. The Morgan fingerprint density at radius 1 is 1.20 bits per heavy atom. The molecule has 0 aliphatic carbocycles.